The maximum Gasteiger partial charge on any atom is 0.251 e. The predicted molar refractivity (Wildman–Crippen MR) is 81.2 cm³/mol. The zero-order chi connectivity index (χ0) is 14.7. The molecule has 1 heterocycles. The minimum absolute atomic E-state index is 0.0833. The van der Waals surface area contributed by atoms with E-state index in [0.717, 1.165) is 12.1 Å². The number of carbonyl (C=O) groups is 1. The van der Waals surface area contributed by atoms with E-state index in [2.05, 4.69) is 29.2 Å². The van der Waals surface area contributed by atoms with Gasteiger partial charge in [0.05, 0.1) is 0 Å². The third-order valence-electron chi connectivity index (χ3n) is 3.85. The van der Waals surface area contributed by atoms with Crippen molar-refractivity contribution in [3.05, 3.63) is 28.5 Å². The van der Waals surface area contributed by atoms with Gasteiger partial charge >= 0.3 is 0 Å². The second kappa shape index (κ2) is 6.55. The molecule has 0 spiro atoms. The summed E-state index contributed by atoms with van der Waals surface area (Å²) in [4.78, 5) is 18.7. The van der Waals surface area contributed by atoms with E-state index < -0.39 is 0 Å². The van der Waals surface area contributed by atoms with Crippen LogP contribution in [0.25, 0.3) is 0 Å². The number of nitrogens with zero attached hydrogens (tertiary/aromatic N) is 2. The maximum atomic E-state index is 12.2. The summed E-state index contributed by atoms with van der Waals surface area (Å²) in [5.74, 6) is -0.0833. The average molecular weight is 296 g/mol. The molecule has 1 atom stereocenters. The number of aromatic nitrogens is 1. The Kier molecular flexibility index (Phi) is 5.00. The predicted octanol–water partition coefficient (Wildman–Crippen LogP) is 2.51. The largest absolute Gasteiger partial charge is 0.350 e. The van der Waals surface area contributed by atoms with Crippen molar-refractivity contribution in [3.63, 3.8) is 0 Å². The van der Waals surface area contributed by atoms with Gasteiger partial charge in [-0.2, -0.15) is 0 Å². The lowest BCUT2D eigenvalue weighted by molar-refractivity contribution is 0.0939. The van der Waals surface area contributed by atoms with Gasteiger partial charge in [-0.25, -0.2) is 4.98 Å². The fourth-order valence-electron chi connectivity index (χ4n) is 2.19. The highest BCUT2D eigenvalue weighted by atomic mass is 35.5. The van der Waals surface area contributed by atoms with Crippen LogP contribution >= 0.6 is 11.6 Å². The normalized spacial score (nSPS) is 16.2. The smallest absolute Gasteiger partial charge is 0.251 e. The summed E-state index contributed by atoms with van der Waals surface area (Å²) in [5, 5.41) is 3.35. The number of nitrogens with one attached hydrogen (secondary N) is 1. The fourth-order valence-corrected chi connectivity index (χ4v) is 2.42. The third kappa shape index (κ3) is 3.93. The van der Waals surface area contributed by atoms with E-state index in [-0.39, 0.29) is 5.91 Å². The third-order valence-corrected chi connectivity index (χ3v) is 4.04. The van der Waals surface area contributed by atoms with Crippen LogP contribution < -0.4 is 5.32 Å². The van der Waals surface area contributed by atoms with Crippen LogP contribution in [0.1, 0.15) is 42.7 Å². The van der Waals surface area contributed by atoms with E-state index in [1.807, 2.05) is 6.92 Å². The van der Waals surface area contributed by atoms with Crippen molar-refractivity contribution in [1.29, 1.82) is 0 Å². The molecule has 0 radical (unpaired) electrons. The summed E-state index contributed by atoms with van der Waals surface area (Å²) in [7, 11) is 2.12. The summed E-state index contributed by atoms with van der Waals surface area (Å²) in [6.07, 6.45) is 3.31. The van der Waals surface area contributed by atoms with Gasteiger partial charge in [0, 0.05) is 29.9 Å². The van der Waals surface area contributed by atoms with Gasteiger partial charge in [0.15, 0.2) is 0 Å². The van der Waals surface area contributed by atoms with Crippen LogP contribution in [0.2, 0.25) is 5.15 Å². The molecule has 1 aliphatic rings. The van der Waals surface area contributed by atoms with Gasteiger partial charge in [-0.05, 0) is 45.4 Å². The summed E-state index contributed by atoms with van der Waals surface area (Å²) in [6.45, 7) is 4.77. The van der Waals surface area contributed by atoms with Crippen LogP contribution in [-0.2, 0) is 6.42 Å². The summed E-state index contributed by atoms with van der Waals surface area (Å²) >= 11 is 5.94. The molecule has 2 rings (SSSR count). The van der Waals surface area contributed by atoms with E-state index >= 15 is 0 Å². The Bertz CT molecular complexity index is 488. The molecule has 110 valence electrons. The highest BCUT2D eigenvalue weighted by Crippen LogP contribution is 2.26. The molecule has 0 saturated heterocycles. The van der Waals surface area contributed by atoms with Gasteiger partial charge in [-0.15, -0.1) is 0 Å². The number of likely N-dealkylation sites (N-methyl/N-ethyl adjacent to an activating group) is 1. The van der Waals surface area contributed by atoms with Crippen molar-refractivity contribution >= 4 is 17.5 Å². The standard InChI is InChI=1S/C15H22ClN3O/c1-4-12-7-11(8-14(16)18-12)15(20)17-9-10(2)19(3)13-5-6-13/h7-8,10,13H,4-6,9H2,1-3H3,(H,17,20). The van der Waals surface area contributed by atoms with Crippen LogP contribution in [0.5, 0.6) is 0 Å². The topological polar surface area (TPSA) is 45.2 Å². The lowest BCUT2D eigenvalue weighted by Crippen LogP contribution is -2.41. The van der Waals surface area contributed by atoms with Gasteiger partial charge in [0.1, 0.15) is 5.15 Å². The highest BCUT2D eigenvalue weighted by Gasteiger charge is 2.29. The Morgan fingerprint density at radius 2 is 2.25 bits per heavy atom. The number of hydrogen-bond acceptors (Lipinski definition) is 3. The minimum atomic E-state index is -0.0833. The molecule has 4 nitrogen and oxygen atoms in total. The average Bonchev–Trinajstić information content (AvgIpc) is 3.27. The first-order valence-electron chi connectivity index (χ1n) is 7.17. The van der Waals surface area contributed by atoms with Crippen LogP contribution in [0.15, 0.2) is 12.1 Å². The van der Waals surface area contributed by atoms with Crippen molar-refractivity contribution in [2.75, 3.05) is 13.6 Å². The molecular weight excluding hydrogens is 274 g/mol. The first-order chi connectivity index (χ1) is 9.51. The van der Waals surface area contributed by atoms with Crippen molar-refractivity contribution in [2.45, 2.75) is 45.2 Å². The van der Waals surface area contributed by atoms with Crippen LogP contribution in [0.4, 0.5) is 0 Å². The van der Waals surface area contributed by atoms with E-state index in [4.69, 9.17) is 11.6 Å². The Labute approximate surface area is 125 Å². The Hall–Kier alpha value is -1.13. The molecule has 1 N–H and O–H groups in total. The first-order valence-corrected chi connectivity index (χ1v) is 7.55. The number of rotatable bonds is 6. The lowest BCUT2D eigenvalue weighted by Gasteiger charge is -2.24. The first kappa shape index (κ1) is 15.3. The Morgan fingerprint density at radius 1 is 1.55 bits per heavy atom. The van der Waals surface area contributed by atoms with Gasteiger partial charge in [0.25, 0.3) is 5.91 Å². The van der Waals surface area contributed by atoms with Crippen molar-refractivity contribution in [1.82, 2.24) is 15.2 Å². The molecule has 1 amide bonds. The van der Waals surface area contributed by atoms with Gasteiger partial charge in [0.2, 0.25) is 0 Å². The minimum Gasteiger partial charge on any atom is -0.350 e. The number of amides is 1. The summed E-state index contributed by atoms with van der Waals surface area (Å²) < 4.78 is 0. The molecule has 1 aromatic rings. The quantitative estimate of drug-likeness (QED) is 0.820. The van der Waals surface area contributed by atoms with Crippen molar-refractivity contribution in [3.8, 4) is 0 Å². The number of carbonyl (C=O) groups excluding carboxylic acids is 1. The molecule has 1 aromatic heterocycles. The molecule has 0 aromatic carbocycles. The van der Waals surface area contributed by atoms with Crippen LogP contribution in [0, 0.1) is 0 Å². The maximum absolute atomic E-state index is 12.2. The monoisotopic (exact) mass is 295 g/mol. The van der Waals surface area contributed by atoms with Gasteiger partial charge < -0.3 is 5.32 Å². The fraction of sp³-hybridized carbons (Fsp3) is 0.600. The van der Waals surface area contributed by atoms with Crippen LogP contribution in [-0.4, -0.2) is 41.5 Å². The van der Waals surface area contributed by atoms with Gasteiger partial charge in [-0.1, -0.05) is 18.5 Å². The molecule has 0 aliphatic heterocycles. The molecule has 1 unspecified atom stereocenters. The molecule has 1 fully saturated rings. The second-order valence-corrected chi connectivity index (χ2v) is 5.87. The summed E-state index contributed by atoms with van der Waals surface area (Å²) in [5.41, 5.74) is 1.42. The Balaban J connectivity index is 1.92. The lowest BCUT2D eigenvalue weighted by atomic mass is 10.2. The van der Waals surface area contributed by atoms with Crippen molar-refractivity contribution < 1.29 is 4.79 Å². The molecule has 5 heteroatoms. The molecule has 20 heavy (non-hydrogen) atoms. The molecular formula is C15H22ClN3O. The zero-order valence-electron chi connectivity index (χ0n) is 12.3. The zero-order valence-corrected chi connectivity index (χ0v) is 13.1. The number of pyridine rings is 1. The number of halogens is 1. The number of hydrogen-bond donors (Lipinski definition) is 1. The highest BCUT2D eigenvalue weighted by molar-refractivity contribution is 6.29. The molecule has 1 aliphatic carbocycles. The SMILES string of the molecule is CCc1cc(C(=O)NCC(C)N(C)C2CC2)cc(Cl)n1. The molecule has 0 bridgehead atoms. The summed E-state index contributed by atoms with van der Waals surface area (Å²) in [6, 6.07) is 4.46. The van der Waals surface area contributed by atoms with E-state index in [9.17, 15) is 4.79 Å². The van der Waals surface area contributed by atoms with E-state index in [1.54, 1.807) is 12.1 Å². The Morgan fingerprint density at radius 3 is 2.85 bits per heavy atom. The van der Waals surface area contributed by atoms with Crippen molar-refractivity contribution in [2.24, 2.45) is 0 Å². The van der Waals surface area contributed by atoms with Crippen LogP contribution in [0.3, 0.4) is 0 Å². The van der Waals surface area contributed by atoms with E-state index in [1.165, 1.54) is 12.8 Å². The second-order valence-electron chi connectivity index (χ2n) is 5.48. The molecule has 1 saturated carbocycles. The van der Waals surface area contributed by atoms with Gasteiger partial charge in [-0.3, -0.25) is 9.69 Å². The number of aryl methyl sites for hydroxylation is 1. The van der Waals surface area contributed by atoms with E-state index in [0.29, 0.717) is 29.3 Å².